The van der Waals surface area contributed by atoms with E-state index < -0.39 is 16.3 Å². The molecule has 6 nitrogen and oxygen atoms in total. The first kappa shape index (κ1) is 15.9. The van der Waals surface area contributed by atoms with Gasteiger partial charge in [-0.1, -0.05) is 0 Å². The van der Waals surface area contributed by atoms with E-state index in [9.17, 15) is 14.9 Å². The van der Waals surface area contributed by atoms with Crippen LogP contribution in [0.2, 0.25) is 0 Å². The fourth-order valence-corrected chi connectivity index (χ4v) is 1.65. The lowest BCUT2D eigenvalue weighted by Gasteiger charge is -2.19. The van der Waals surface area contributed by atoms with Gasteiger partial charge >= 0.3 is 5.97 Å². The van der Waals surface area contributed by atoms with Crippen LogP contribution >= 0.6 is 0 Å². The summed E-state index contributed by atoms with van der Waals surface area (Å²) in [6, 6.07) is 3.08. The lowest BCUT2D eigenvalue weighted by molar-refractivity contribution is -0.385. The molecule has 0 aliphatic heterocycles. The fraction of sp³-hybridized carbons (Fsp3) is 0.500. The number of hydrogen-bond acceptors (Lipinski definition) is 4. The van der Waals surface area contributed by atoms with Crippen LogP contribution in [0, 0.1) is 29.4 Å². The average molecular weight is 281 g/mol. The van der Waals surface area contributed by atoms with Gasteiger partial charge in [-0.2, -0.15) is 0 Å². The van der Waals surface area contributed by atoms with E-state index in [0.717, 1.165) is 0 Å². The molecule has 0 fully saturated rings. The van der Waals surface area contributed by atoms with Crippen LogP contribution in [0.4, 0.5) is 5.69 Å². The molecular weight excluding hydrogens is 262 g/mol. The van der Waals surface area contributed by atoms with Gasteiger partial charge < -0.3 is 9.84 Å². The molecule has 0 aliphatic carbocycles. The Kier molecular flexibility index (Phi) is 4.70. The minimum Gasteiger partial charge on any atom is -0.493 e. The summed E-state index contributed by atoms with van der Waals surface area (Å²) in [6.07, 6.45) is 0.359. The zero-order valence-electron chi connectivity index (χ0n) is 12.1. The Hall–Kier alpha value is -2.11. The molecule has 0 radical (unpaired) electrons. The average Bonchev–Trinajstić information content (AvgIpc) is 2.32. The highest BCUT2D eigenvalue weighted by Gasteiger charge is 2.27. The van der Waals surface area contributed by atoms with Gasteiger partial charge in [0.2, 0.25) is 0 Å². The van der Waals surface area contributed by atoms with Gasteiger partial charge in [-0.3, -0.25) is 14.9 Å². The Morgan fingerprint density at radius 1 is 1.35 bits per heavy atom. The van der Waals surface area contributed by atoms with E-state index in [1.54, 1.807) is 33.8 Å². The van der Waals surface area contributed by atoms with Crippen LogP contribution in [0.1, 0.15) is 31.4 Å². The summed E-state index contributed by atoms with van der Waals surface area (Å²) < 4.78 is 5.55. The van der Waals surface area contributed by atoms with Crippen molar-refractivity contribution in [3.8, 4) is 5.75 Å². The van der Waals surface area contributed by atoms with Crippen molar-refractivity contribution in [1.82, 2.24) is 0 Å². The molecule has 0 bridgehead atoms. The summed E-state index contributed by atoms with van der Waals surface area (Å²) in [5.74, 6) is -0.327. The van der Waals surface area contributed by atoms with Crippen molar-refractivity contribution in [2.24, 2.45) is 5.41 Å². The zero-order valence-corrected chi connectivity index (χ0v) is 12.1. The molecule has 0 saturated heterocycles. The predicted molar refractivity (Wildman–Crippen MR) is 74.1 cm³/mol. The number of carboxylic acids is 1. The third kappa shape index (κ3) is 3.69. The number of hydrogen-bond donors (Lipinski definition) is 1. The van der Waals surface area contributed by atoms with Crippen molar-refractivity contribution in [2.45, 2.75) is 34.1 Å². The maximum atomic E-state index is 11.0. The lowest BCUT2D eigenvalue weighted by atomic mass is 9.90. The first-order valence-electron chi connectivity index (χ1n) is 6.27. The molecule has 0 aliphatic rings. The van der Waals surface area contributed by atoms with Gasteiger partial charge in [-0.15, -0.1) is 0 Å². The Bertz CT molecular complexity index is 537. The highest BCUT2D eigenvalue weighted by molar-refractivity contribution is 5.73. The minimum absolute atomic E-state index is 0.0562. The molecule has 110 valence electrons. The highest BCUT2D eigenvalue weighted by Crippen LogP contribution is 2.28. The highest BCUT2D eigenvalue weighted by atomic mass is 16.6. The van der Waals surface area contributed by atoms with Gasteiger partial charge in [0.05, 0.1) is 16.9 Å². The molecule has 0 saturated carbocycles. The smallest absolute Gasteiger partial charge is 0.309 e. The largest absolute Gasteiger partial charge is 0.493 e. The van der Waals surface area contributed by atoms with Crippen LogP contribution in [-0.4, -0.2) is 22.6 Å². The second kappa shape index (κ2) is 5.90. The number of benzene rings is 1. The SMILES string of the molecule is Cc1cc([N+](=O)[O-])c(C)cc1OCCC(C)(C)C(=O)O. The first-order valence-corrected chi connectivity index (χ1v) is 6.27. The van der Waals surface area contributed by atoms with E-state index in [0.29, 0.717) is 23.3 Å². The van der Waals surface area contributed by atoms with Crippen LogP contribution in [0.5, 0.6) is 5.75 Å². The number of rotatable bonds is 6. The summed E-state index contributed by atoms with van der Waals surface area (Å²) in [5, 5.41) is 19.8. The first-order chi connectivity index (χ1) is 9.15. The van der Waals surface area contributed by atoms with Gasteiger partial charge in [-0.25, -0.2) is 0 Å². The summed E-state index contributed by atoms with van der Waals surface area (Å²) in [4.78, 5) is 21.3. The van der Waals surface area contributed by atoms with Crippen molar-refractivity contribution in [1.29, 1.82) is 0 Å². The Morgan fingerprint density at radius 3 is 2.45 bits per heavy atom. The molecule has 20 heavy (non-hydrogen) atoms. The molecule has 0 amide bonds. The molecule has 0 atom stereocenters. The number of nitrogens with zero attached hydrogens (tertiary/aromatic N) is 1. The maximum absolute atomic E-state index is 11.0. The maximum Gasteiger partial charge on any atom is 0.309 e. The molecule has 0 spiro atoms. The number of aryl methyl sites for hydroxylation is 2. The number of nitro benzene ring substituents is 1. The minimum atomic E-state index is -0.877. The number of carboxylic acid groups (broad SMARTS) is 1. The Morgan fingerprint density at radius 2 is 1.95 bits per heavy atom. The van der Waals surface area contributed by atoms with Gasteiger partial charge in [0, 0.05) is 11.6 Å². The lowest BCUT2D eigenvalue weighted by Crippen LogP contribution is -2.25. The van der Waals surface area contributed by atoms with Crippen molar-refractivity contribution in [3.05, 3.63) is 33.4 Å². The number of nitro groups is 1. The number of aliphatic carboxylic acids is 1. The molecule has 0 heterocycles. The third-order valence-electron chi connectivity index (χ3n) is 3.25. The van der Waals surface area contributed by atoms with E-state index in [4.69, 9.17) is 9.84 Å². The second-order valence-electron chi connectivity index (χ2n) is 5.45. The predicted octanol–water partition coefficient (Wildman–Crippen LogP) is 3.09. The van der Waals surface area contributed by atoms with E-state index >= 15 is 0 Å². The molecule has 1 rings (SSSR count). The van der Waals surface area contributed by atoms with Crippen LogP contribution in [0.3, 0.4) is 0 Å². The molecule has 0 aromatic heterocycles. The van der Waals surface area contributed by atoms with E-state index in [-0.39, 0.29) is 12.3 Å². The quantitative estimate of drug-likeness (QED) is 0.639. The zero-order chi connectivity index (χ0) is 15.5. The fourth-order valence-electron chi connectivity index (χ4n) is 1.65. The molecule has 1 aromatic carbocycles. The van der Waals surface area contributed by atoms with Gasteiger partial charge in [0.1, 0.15) is 5.75 Å². The van der Waals surface area contributed by atoms with Crippen LogP contribution in [-0.2, 0) is 4.79 Å². The topological polar surface area (TPSA) is 89.7 Å². The van der Waals surface area contributed by atoms with Crippen LogP contribution in [0.15, 0.2) is 12.1 Å². The van der Waals surface area contributed by atoms with Crippen LogP contribution < -0.4 is 4.74 Å². The summed E-state index contributed by atoms with van der Waals surface area (Å²) in [5.41, 5.74) is 0.383. The van der Waals surface area contributed by atoms with E-state index in [1.807, 2.05) is 0 Å². The van der Waals surface area contributed by atoms with Gasteiger partial charge in [-0.05, 0) is 45.7 Å². The van der Waals surface area contributed by atoms with Crippen LogP contribution in [0.25, 0.3) is 0 Å². The summed E-state index contributed by atoms with van der Waals surface area (Å²) >= 11 is 0. The number of ether oxygens (including phenoxy) is 1. The monoisotopic (exact) mass is 281 g/mol. The standard InChI is InChI=1S/C14H19NO5/c1-9-8-12(10(2)7-11(9)15(18)19)20-6-5-14(3,4)13(16)17/h7-8H,5-6H2,1-4H3,(H,16,17). The van der Waals surface area contributed by atoms with Crippen molar-refractivity contribution < 1.29 is 19.6 Å². The Labute approximate surface area is 117 Å². The summed E-state index contributed by atoms with van der Waals surface area (Å²) in [6.45, 7) is 6.88. The normalized spacial score (nSPS) is 11.2. The van der Waals surface area contributed by atoms with Crippen molar-refractivity contribution >= 4 is 11.7 Å². The third-order valence-corrected chi connectivity index (χ3v) is 3.25. The Balaban J connectivity index is 2.78. The molecule has 0 unspecified atom stereocenters. The van der Waals surface area contributed by atoms with E-state index in [1.165, 1.54) is 6.07 Å². The summed E-state index contributed by atoms with van der Waals surface area (Å²) in [7, 11) is 0. The van der Waals surface area contributed by atoms with Crippen molar-refractivity contribution in [2.75, 3.05) is 6.61 Å². The molecule has 1 N–H and O–H groups in total. The van der Waals surface area contributed by atoms with Crippen molar-refractivity contribution in [3.63, 3.8) is 0 Å². The molecule has 1 aromatic rings. The number of carbonyl (C=O) groups is 1. The molecule has 6 heteroatoms. The van der Waals surface area contributed by atoms with Gasteiger partial charge in [0.25, 0.3) is 5.69 Å². The van der Waals surface area contributed by atoms with E-state index in [2.05, 4.69) is 0 Å². The molecular formula is C14H19NO5. The van der Waals surface area contributed by atoms with Gasteiger partial charge in [0.15, 0.2) is 0 Å². The second-order valence-corrected chi connectivity index (χ2v) is 5.45.